The van der Waals surface area contributed by atoms with E-state index in [1.807, 2.05) is 0 Å². The Bertz CT molecular complexity index is 299. The molecule has 2 unspecified atom stereocenters. The predicted octanol–water partition coefficient (Wildman–Crippen LogP) is 2.95. The molecule has 3 heteroatoms. The van der Waals surface area contributed by atoms with E-state index in [1.54, 1.807) is 0 Å². The fraction of sp³-hybridized carbons (Fsp3) is 1.00. The molecule has 2 N–H and O–H groups in total. The van der Waals surface area contributed by atoms with Gasteiger partial charge in [-0.3, -0.25) is 4.90 Å². The van der Waals surface area contributed by atoms with E-state index in [9.17, 15) is 0 Å². The van der Waals surface area contributed by atoms with Crippen LogP contribution in [0.5, 0.6) is 0 Å². The van der Waals surface area contributed by atoms with E-state index in [0.29, 0.717) is 0 Å². The first-order valence-electron chi connectivity index (χ1n) is 9.21. The minimum absolute atomic E-state index is 0.267. The van der Waals surface area contributed by atoms with Crippen LogP contribution in [0, 0.1) is 11.8 Å². The molecule has 2 atom stereocenters. The molecule has 2 aliphatic rings. The highest BCUT2D eigenvalue weighted by Crippen LogP contribution is 2.36. The first kappa shape index (κ1) is 17.2. The zero-order valence-corrected chi connectivity index (χ0v) is 14.6. The summed E-state index contributed by atoms with van der Waals surface area (Å²) in [5, 5.41) is 0. The van der Waals surface area contributed by atoms with Crippen LogP contribution >= 0.6 is 0 Å². The molecule has 0 aromatic rings. The third-order valence-electron chi connectivity index (χ3n) is 6.28. The summed E-state index contributed by atoms with van der Waals surface area (Å²) in [5.41, 5.74) is 6.53. The van der Waals surface area contributed by atoms with Gasteiger partial charge in [-0.2, -0.15) is 0 Å². The number of hydrogen-bond donors (Lipinski definition) is 1. The third kappa shape index (κ3) is 4.43. The van der Waals surface area contributed by atoms with Gasteiger partial charge in [0.2, 0.25) is 0 Å². The summed E-state index contributed by atoms with van der Waals surface area (Å²) in [5.74, 6) is 1.74. The second-order valence-electron chi connectivity index (χ2n) is 7.83. The highest BCUT2D eigenvalue weighted by atomic mass is 15.2. The minimum atomic E-state index is 0.267. The number of hydrogen-bond acceptors (Lipinski definition) is 3. The monoisotopic (exact) mass is 295 g/mol. The van der Waals surface area contributed by atoms with Crippen molar-refractivity contribution in [1.82, 2.24) is 9.80 Å². The van der Waals surface area contributed by atoms with Crippen LogP contribution in [0.1, 0.15) is 58.8 Å². The average Bonchev–Trinajstić information content (AvgIpc) is 2.89. The van der Waals surface area contributed by atoms with Crippen molar-refractivity contribution in [2.75, 3.05) is 39.8 Å². The van der Waals surface area contributed by atoms with E-state index in [4.69, 9.17) is 5.73 Å². The third-order valence-corrected chi connectivity index (χ3v) is 6.28. The maximum atomic E-state index is 6.26. The van der Waals surface area contributed by atoms with E-state index < -0.39 is 0 Å². The first-order chi connectivity index (χ1) is 10.1. The lowest BCUT2D eigenvalue weighted by molar-refractivity contribution is 0.0940. The lowest BCUT2D eigenvalue weighted by Crippen LogP contribution is -2.53. The fourth-order valence-corrected chi connectivity index (χ4v) is 4.36. The van der Waals surface area contributed by atoms with Crippen LogP contribution in [0.4, 0.5) is 0 Å². The standard InChI is InChI=1S/C18H37N3/c1-16(2)17-7-6-9-18(15-19,10-8-17)20(3)13-14-21-11-4-5-12-21/h16-17H,4-15,19H2,1-3H3. The number of rotatable bonds is 6. The van der Waals surface area contributed by atoms with Gasteiger partial charge in [-0.05, 0) is 64.1 Å². The smallest absolute Gasteiger partial charge is 0.0329 e. The molecule has 0 aromatic heterocycles. The largest absolute Gasteiger partial charge is 0.329 e. The molecular weight excluding hydrogens is 258 g/mol. The van der Waals surface area contributed by atoms with Crippen LogP contribution in [0.15, 0.2) is 0 Å². The molecule has 0 spiro atoms. The average molecular weight is 296 g/mol. The Morgan fingerprint density at radius 3 is 2.48 bits per heavy atom. The van der Waals surface area contributed by atoms with E-state index >= 15 is 0 Å². The van der Waals surface area contributed by atoms with Crippen molar-refractivity contribution in [1.29, 1.82) is 0 Å². The minimum Gasteiger partial charge on any atom is -0.329 e. The Labute approximate surface area is 132 Å². The molecule has 1 aliphatic carbocycles. The Kier molecular flexibility index (Phi) is 6.51. The van der Waals surface area contributed by atoms with Gasteiger partial charge in [0.1, 0.15) is 0 Å². The molecule has 124 valence electrons. The summed E-state index contributed by atoms with van der Waals surface area (Å²) in [6.07, 6.45) is 9.49. The highest BCUT2D eigenvalue weighted by Gasteiger charge is 2.36. The SMILES string of the molecule is CC(C)C1CCCC(CN)(N(C)CCN2CCCC2)CC1. The molecular formula is C18H37N3. The molecule has 0 amide bonds. The van der Waals surface area contributed by atoms with Crippen LogP contribution in [-0.2, 0) is 0 Å². The molecule has 0 radical (unpaired) electrons. The highest BCUT2D eigenvalue weighted by molar-refractivity contribution is 4.93. The van der Waals surface area contributed by atoms with Crippen LogP contribution in [0.25, 0.3) is 0 Å². The molecule has 1 aliphatic heterocycles. The van der Waals surface area contributed by atoms with Gasteiger partial charge in [0, 0.05) is 25.2 Å². The number of nitrogens with two attached hydrogens (primary N) is 1. The van der Waals surface area contributed by atoms with Gasteiger partial charge in [-0.1, -0.05) is 26.7 Å². The van der Waals surface area contributed by atoms with Crippen LogP contribution in [0.2, 0.25) is 0 Å². The summed E-state index contributed by atoms with van der Waals surface area (Å²) < 4.78 is 0. The first-order valence-corrected chi connectivity index (χ1v) is 9.21. The van der Waals surface area contributed by atoms with Gasteiger partial charge in [0.05, 0.1) is 0 Å². The normalized spacial score (nSPS) is 32.0. The Balaban J connectivity index is 1.89. The van der Waals surface area contributed by atoms with E-state index in [1.165, 1.54) is 71.1 Å². The summed E-state index contributed by atoms with van der Waals surface area (Å²) in [4.78, 5) is 5.22. The van der Waals surface area contributed by atoms with Crippen molar-refractivity contribution in [3.8, 4) is 0 Å². The van der Waals surface area contributed by atoms with Crippen molar-refractivity contribution in [2.24, 2.45) is 17.6 Å². The van der Waals surface area contributed by atoms with Crippen molar-refractivity contribution in [3.05, 3.63) is 0 Å². The maximum absolute atomic E-state index is 6.26. The molecule has 2 rings (SSSR count). The molecule has 1 saturated carbocycles. The Morgan fingerprint density at radius 2 is 1.86 bits per heavy atom. The lowest BCUT2D eigenvalue weighted by atomic mass is 9.85. The number of likely N-dealkylation sites (tertiary alicyclic amines) is 1. The van der Waals surface area contributed by atoms with Crippen LogP contribution in [-0.4, -0.2) is 55.1 Å². The van der Waals surface area contributed by atoms with Gasteiger partial charge in [0.25, 0.3) is 0 Å². The van der Waals surface area contributed by atoms with E-state index in [2.05, 4.69) is 30.7 Å². The fourth-order valence-electron chi connectivity index (χ4n) is 4.36. The van der Waals surface area contributed by atoms with Crippen molar-refractivity contribution in [2.45, 2.75) is 64.3 Å². The Hall–Kier alpha value is -0.120. The molecule has 0 aromatic carbocycles. The van der Waals surface area contributed by atoms with Crippen molar-refractivity contribution >= 4 is 0 Å². The van der Waals surface area contributed by atoms with Gasteiger partial charge >= 0.3 is 0 Å². The number of likely N-dealkylation sites (N-methyl/N-ethyl adjacent to an activating group) is 1. The van der Waals surface area contributed by atoms with Crippen LogP contribution < -0.4 is 5.73 Å². The second-order valence-corrected chi connectivity index (χ2v) is 7.83. The summed E-state index contributed by atoms with van der Waals surface area (Å²) in [6, 6.07) is 0. The zero-order chi connectivity index (χ0) is 15.3. The molecule has 1 saturated heterocycles. The molecule has 21 heavy (non-hydrogen) atoms. The van der Waals surface area contributed by atoms with Gasteiger partial charge in [0.15, 0.2) is 0 Å². The van der Waals surface area contributed by atoms with Gasteiger partial charge < -0.3 is 10.6 Å². The summed E-state index contributed by atoms with van der Waals surface area (Å²) >= 11 is 0. The second kappa shape index (κ2) is 7.94. The molecule has 2 fully saturated rings. The summed E-state index contributed by atoms with van der Waals surface area (Å²) in [6.45, 7) is 10.6. The molecule has 3 nitrogen and oxygen atoms in total. The Morgan fingerprint density at radius 1 is 1.14 bits per heavy atom. The quantitative estimate of drug-likeness (QED) is 0.765. The van der Waals surface area contributed by atoms with Gasteiger partial charge in [-0.15, -0.1) is 0 Å². The molecule has 0 bridgehead atoms. The zero-order valence-electron chi connectivity index (χ0n) is 14.6. The summed E-state index contributed by atoms with van der Waals surface area (Å²) in [7, 11) is 2.32. The van der Waals surface area contributed by atoms with E-state index in [-0.39, 0.29) is 5.54 Å². The predicted molar refractivity (Wildman–Crippen MR) is 91.5 cm³/mol. The number of nitrogens with zero attached hydrogens (tertiary/aromatic N) is 2. The van der Waals surface area contributed by atoms with Gasteiger partial charge in [-0.25, -0.2) is 0 Å². The van der Waals surface area contributed by atoms with Crippen molar-refractivity contribution < 1.29 is 0 Å². The maximum Gasteiger partial charge on any atom is 0.0329 e. The van der Waals surface area contributed by atoms with Crippen LogP contribution in [0.3, 0.4) is 0 Å². The lowest BCUT2D eigenvalue weighted by Gasteiger charge is -2.41. The molecule has 1 heterocycles. The topological polar surface area (TPSA) is 32.5 Å². The van der Waals surface area contributed by atoms with Crippen molar-refractivity contribution in [3.63, 3.8) is 0 Å². The van der Waals surface area contributed by atoms with E-state index in [0.717, 1.165) is 18.4 Å².